The first kappa shape index (κ1) is 17.2. The van der Waals surface area contributed by atoms with Crippen LogP contribution >= 0.6 is 0 Å². The first-order valence-corrected chi connectivity index (χ1v) is 7.03. The maximum Gasteiger partial charge on any atom is 0.241 e. The van der Waals surface area contributed by atoms with Crippen LogP contribution in [0.3, 0.4) is 0 Å². The first-order chi connectivity index (χ1) is 9.97. The van der Waals surface area contributed by atoms with E-state index in [9.17, 15) is 4.79 Å². The fraction of sp³-hybridized carbons (Fsp3) is 0.500. The lowest BCUT2D eigenvalue weighted by Crippen LogP contribution is -2.40. The van der Waals surface area contributed by atoms with Gasteiger partial charge in [0.05, 0.1) is 25.6 Å². The van der Waals surface area contributed by atoms with E-state index in [-0.39, 0.29) is 19.1 Å². The molecule has 0 fully saturated rings. The Bertz CT molecular complexity index is 502. The number of nitrogens with zero attached hydrogens (tertiary/aromatic N) is 3. The molecule has 5 heteroatoms. The van der Waals surface area contributed by atoms with E-state index >= 15 is 0 Å². The summed E-state index contributed by atoms with van der Waals surface area (Å²) in [4.78, 5) is 15.9. The van der Waals surface area contributed by atoms with Gasteiger partial charge in [0, 0.05) is 18.8 Å². The number of hydrogen-bond acceptors (Lipinski definition) is 4. The number of amides is 1. The summed E-state index contributed by atoms with van der Waals surface area (Å²) in [5.74, 6) is -0.0637. The van der Waals surface area contributed by atoms with E-state index in [0.29, 0.717) is 19.5 Å². The quantitative estimate of drug-likeness (QED) is 0.825. The molecule has 21 heavy (non-hydrogen) atoms. The third-order valence-electron chi connectivity index (χ3n) is 3.15. The van der Waals surface area contributed by atoms with Crippen LogP contribution in [0.5, 0.6) is 0 Å². The van der Waals surface area contributed by atoms with Gasteiger partial charge in [-0.3, -0.25) is 9.69 Å². The van der Waals surface area contributed by atoms with Crippen molar-refractivity contribution in [2.45, 2.75) is 20.3 Å². The SMILES string of the molecule is Cc1cc(C)cc(N(CCC#N)C(=O)CN(C)CCO)c1. The van der Waals surface area contributed by atoms with Crippen molar-refractivity contribution in [3.05, 3.63) is 29.3 Å². The zero-order valence-corrected chi connectivity index (χ0v) is 13.0. The number of carbonyl (C=O) groups is 1. The number of aryl methyl sites for hydroxylation is 2. The molecule has 1 aromatic carbocycles. The van der Waals surface area contributed by atoms with Gasteiger partial charge in [-0.15, -0.1) is 0 Å². The lowest BCUT2D eigenvalue weighted by molar-refractivity contribution is -0.119. The Hall–Kier alpha value is -1.90. The Labute approximate surface area is 126 Å². The molecule has 0 aromatic heterocycles. The maximum atomic E-state index is 12.5. The molecule has 0 radical (unpaired) electrons. The average Bonchev–Trinajstić information content (AvgIpc) is 2.38. The molecule has 0 aliphatic heterocycles. The molecule has 0 atom stereocenters. The van der Waals surface area contributed by atoms with Gasteiger partial charge in [0.1, 0.15) is 0 Å². The summed E-state index contributed by atoms with van der Waals surface area (Å²) in [6.45, 7) is 5.04. The monoisotopic (exact) mass is 289 g/mol. The average molecular weight is 289 g/mol. The van der Waals surface area contributed by atoms with E-state index in [4.69, 9.17) is 10.4 Å². The molecule has 1 N–H and O–H groups in total. The highest BCUT2D eigenvalue weighted by Crippen LogP contribution is 2.19. The zero-order chi connectivity index (χ0) is 15.8. The van der Waals surface area contributed by atoms with Crippen molar-refractivity contribution < 1.29 is 9.90 Å². The van der Waals surface area contributed by atoms with E-state index in [1.807, 2.05) is 32.0 Å². The van der Waals surface area contributed by atoms with E-state index in [0.717, 1.165) is 16.8 Å². The van der Waals surface area contributed by atoms with Crippen molar-refractivity contribution in [3.8, 4) is 6.07 Å². The third kappa shape index (κ3) is 5.54. The van der Waals surface area contributed by atoms with Crippen molar-refractivity contribution in [2.75, 3.05) is 38.2 Å². The lowest BCUT2D eigenvalue weighted by Gasteiger charge is -2.25. The standard InChI is InChI=1S/C16H23N3O2/c1-13-9-14(2)11-15(10-13)19(6-4-5-17)16(21)12-18(3)7-8-20/h9-11,20H,4,6-8,12H2,1-3H3. The number of carbonyl (C=O) groups excluding carboxylic acids is 1. The Balaban J connectivity index is 2.94. The third-order valence-corrected chi connectivity index (χ3v) is 3.15. The van der Waals surface area contributed by atoms with Crippen LogP contribution in [-0.4, -0.2) is 49.2 Å². The predicted molar refractivity (Wildman–Crippen MR) is 83.1 cm³/mol. The fourth-order valence-corrected chi connectivity index (χ4v) is 2.23. The van der Waals surface area contributed by atoms with Crippen LogP contribution < -0.4 is 4.90 Å². The van der Waals surface area contributed by atoms with Gasteiger partial charge in [-0.25, -0.2) is 0 Å². The lowest BCUT2D eigenvalue weighted by atomic mass is 10.1. The van der Waals surface area contributed by atoms with E-state index in [1.165, 1.54) is 0 Å². The summed E-state index contributed by atoms with van der Waals surface area (Å²) < 4.78 is 0. The highest BCUT2D eigenvalue weighted by Gasteiger charge is 2.17. The second kappa shape index (κ2) is 8.40. The molecule has 0 unspecified atom stereocenters. The summed E-state index contributed by atoms with van der Waals surface area (Å²) >= 11 is 0. The molecule has 0 aliphatic rings. The molecule has 1 aromatic rings. The smallest absolute Gasteiger partial charge is 0.241 e. The first-order valence-electron chi connectivity index (χ1n) is 7.03. The van der Waals surface area contributed by atoms with Crippen LogP contribution in [0.4, 0.5) is 5.69 Å². The highest BCUT2D eigenvalue weighted by atomic mass is 16.3. The van der Waals surface area contributed by atoms with Crippen molar-refractivity contribution in [1.29, 1.82) is 5.26 Å². The number of nitriles is 1. The molecular weight excluding hydrogens is 266 g/mol. The van der Waals surface area contributed by atoms with Gasteiger partial charge in [0.15, 0.2) is 0 Å². The number of benzene rings is 1. The Kier molecular flexibility index (Phi) is 6.86. The minimum atomic E-state index is -0.0637. The molecule has 114 valence electrons. The summed E-state index contributed by atoms with van der Waals surface area (Å²) in [5.41, 5.74) is 3.00. The van der Waals surface area contributed by atoms with Crippen LogP contribution in [0.2, 0.25) is 0 Å². The van der Waals surface area contributed by atoms with Crippen LogP contribution in [0.25, 0.3) is 0 Å². The summed E-state index contributed by atoms with van der Waals surface area (Å²) in [7, 11) is 1.79. The minimum Gasteiger partial charge on any atom is -0.395 e. The summed E-state index contributed by atoms with van der Waals surface area (Å²) in [6, 6.07) is 8.04. The molecule has 0 aliphatic carbocycles. The number of aliphatic hydroxyl groups excluding tert-OH is 1. The van der Waals surface area contributed by atoms with E-state index < -0.39 is 0 Å². The number of likely N-dealkylation sites (N-methyl/N-ethyl adjacent to an activating group) is 1. The molecule has 1 rings (SSSR count). The Morgan fingerprint density at radius 2 is 1.86 bits per heavy atom. The van der Waals surface area contributed by atoms with Crippen molar-refractivity contribution in [2.24, 2.45) is 0 Å². The largest absolute Gasteiger partial charge is 0.395 e. The van der Waals surface area contributed by atoms with E-state index in [2.05, 4.69) is 6.07 Å². The van der Waals surface area contributed by atoms with Gasteiger partial charge in [-0.1, -0.05) is 6.07 Å². The molecule has 1 amide bonds. The molecule has 0 heterocycles. The van der Waals surface area contributed by atoms with Crippen LogP contribution in [0.1, 0.15) is 17.5 Å². The minimum absolute atomic E-state index is 0.0194. The van der Waals surface area contributed by atoms with Crippen LogP contribution in [-0.2, 0) is 4.79 Å². The molecule has 0 spiro atoms. The normalized spacial score (nSPS) is 10.5. The fourth-order valence-electron chi connectivity index (χ4n) is 2.23. The summed E-state index contributed by atoms with van der Waals surface area (Å²) in [5, 5.41) is 17.7. The maximum absolute atomic E-state index is 12.5. The molecule has 0 saturated heterocycles. The Morgan fingerprint density at radius 3 is 2.38 bits per heavy atom. The number of rotatable bonds is 7. The summed E-state index contributed by atoms with van der Waals surface area (Å²) in [6.07, 6.45) is 0.294. The topological polar surface area (TPSA) is 67.6 Å². The molecule has 0 saturated carbocycles. The molecular formula is C16H23N3O2. The van der Waals surface area contributed by atoms with Gasteiger partial charge >= 0.3 is 0 Å². The second-order valence-corrected chi connectivity index (χ2v) is 5.26. The van der Waals surface area contributed by atoms with Crippen molar-refractivity contribution in [1.82, 2.24) is 4.90 Å². The van der Waals surface area contributed by atoms with Gasteiger partial charge < -0.3 is 10.0 Å². The molecule has 0 bridgehead atoms. The van der Waals surface area contributed by atoms with E-state index in [1.54, 1.807) is 16.8 Å². The van der Waals surface area contributed by atoms with Crippen molar-refractivity contribution in [3.63, 3.8) is 0 Å². The van der Waals surface area contributed by atoms with Crippen LogP contribution in [0.15, 0.2) is 18.2 Å². The Morgan fingerprint density at radius 1 is 1.24 bits per heavy atom. The van der Waals surface area contributed by atoms with Gasteiger partial charge in [-0.05, 0) is 44.2 Å². The predicted octanol–water partition coefficient (Wildman–Crippen LogP) is 1.47. The van der Waals surface area contributed by atoms with Crippen molar-refractivity contribution >= 4 is 11.6 Å². The van der Waals surface area contributed by atoms with Crippen LogP contribution in [0, 0.1) is 25.2 Å². The number of anilines is 1. The van der Waals surface area contributed by atoms with Gasteiger partial charge in [-0.2, -0.15) is 5.26 Å². The molecule has 5 nitrogen and oxygen atoms in total. The highest BCUT2D eigenvalue weighted by molar-refractivity contribution is 5.95. The number of aliphatic hydroxyl groups is 1. The number of hydrogen-bond donors (Lipinski definition) is 1. The zero-order valence-electron chi connectivity index (χ0n) is 13.0. The second-order valence-electron chi connectivity index (χ2n) is 5.26. The van der Waals surface area contributed by atoms with Gasteiger partial charge in [0.25, 0.3) is 0 Å². The van der Waals surface area contributed by atoms with Gasteiger partial charge in [0.2, 0.25) is 5.91 Å².